The van der Waals surface area contributed by atoms with E-state index in [0.717, 1.165) is 0 Å². The molecule has 1 rings (SSSR count). The third kappa shape index (κ3) is 2.97. The lowest BCUT2D eigenvalue weighted by Gasteiger charge is -2.29. The summed E-state index contributed by atoms with van der Waals surface area (Å²) < 4.78 is 5.10. The minimum Gasteiger partial charge on any atom is -0.497 e. The van der Waals surface area contributed by atoms with Crippen LogP contribution in [0.2, 0.25) is 0 Å². The van der Waals surface area contributed by atoms with Crippen LogP contribution in [-0.2, 0) is 4.79 Å². The topological polar surface area (TPSA) is 82.3 Å². The number of carboxylic acids is 1. The normalized spacial score (nSPS) is 10.6. The lowest BCUT2D eigenvalue weighted by atomic mass is 9.92. The predicted octanol–water partition coefficient (Wildman–Crippen LogP) is 2.62. The second kappa shape index (κ2) is 6.10. The zero-order chi connectivity index (χ0) is 14.5. The quantitative estimate of drug-likeness (QED) is 0.823. The van der Waals surface area contributed by atoms with Gasteiger partial charge < -0.3 is 15.2 Å². The van der Waals surface area contributed by atoms with Crippen LogP contribution >= 0.6 is 0 Å². The molecule has 0 saturated carbocycles. The molecule has 0 aliphatic carbocycles. The molecule has 5 heteroatoms. The van der Waals surface area contributed by atoms with Gasteiger partial charge in [-0.25, -0.2) is 4.79 Å². The maximum atomic E-state index is 11.5. The summed E-state index contributed by atoms with van der Waals surface area (Å²) in [6, 6.07) is 6.97. The van der Waals surface area contributed by atoms with Crippen LogP contribution in [0.25, 0.3) is 0 Å². The summed E-state index contributed by atoms with van der Waals surface area (Å²) >= 11 is 0. The molecule has 1 aromatic carbocycles. The smallest absolute Gasteiger partial charge is 0.329 e. The standard InChI is InChI=1S/C14H18N2O3/c1-4-14(5-2,13(17)18)16-12-8-11(19-3)7-6-10(12)9-15/h6-8,16H,4-5H2,1-3H3,(H,17,18). The molecule has 0 aliphatic heterocycles. The molecule has 2 N–H and O–H groups in total. The highest BCUT2D eigenvalue weighted by atomic mass is 16.5. The summed E-state index contributed by atoms with van der Waals surface area (Å²) in [6.07, 6.45) is 0.835. The summed E-state index contributed by atoms with van der Waals surface area (Å²) in [5, 5.41) is 21.5. The first-order valence-electron chi connectivity index (χ1n) is 6.12. The molecule has 102 valence electrons. The van der Waals surface area contributed by atoms with E-state index in [4.69, 9.17) is 10.00 Å². The van der Waals surface area contributed by atoms with E-state index in [2.05, 4.69) is 5.32 Å². The number of rotatable bonds is 6. The van der Waals surface area contributed by atoms with Gasteiger partial charge in [0.15, 0.2) is 0 Å². The highest BCUT2D eigenvalue weighted by Crippen LogP contribution is 2.28. The van der Waals surface area contributed by atoms with Gasteiger partial charge in [0.25, 0.3) is 0 Å². The molecule has 19 heavy (non-hydrogen) atoms. The van der Waals surface area contributed by atoms with Crippen molar-refractivity contribution in [2.24, 2.45) is 0 Å². The Hall–Kier alpha value is -2.22. The van der Waals surface area contributed by atoms with E-state index in [-0.39, 0.29) is 0 Å². The number of methoxy groups -OCH3 is 1. The van der Waals surface area contributed by atoms with Crippen molar-refractivity contribution in [3.05, 3.63) is 23.8 Å². The van der Waals surface area contributed by atoms with E-state index < -0.39 is 11.5 Å². The van der Waals surface area contributed by atoms with Gasteiger partial charge in [-0.15, -0.1) is 0 Å². The number of benzene rings is 1. The minimum atomic E-state index is -1.07. The van der Waals surface area contributed by atoms with Crippen LogP contribution in [-0.4, -0.2) is 23.7 Å². The molecule has 0 atom stereocenters. The average Bonchev–Trinajstić information content (AvgIpc) is 2.44. The first-order chi connectivity index (χ1) is 9.02. The molecule has 0 heterocycles. The molecule has 0 spiro atoms. The second-order valence-corrected chi connectivity index (χ2v) is 4.24. The molecule has 0 radical (unpaired) electrons. The van der Waals surface area contributed by atoms with E-state index in [1.165, 1.54) is 7.11 Å². The highest BCUT2D eigenvalue weighted by molar-refractivity contribution is 5.83. The van der Waals surface area contributed by atoms with Crippen molar-refractivity contribution in [2.75, 3.05) is 12.4 Å². The summed E-state index contributed by atoms with van der Waals surface area (Å²) in [5.41, 5.74) is -0.195. The fraction of sp³-hybridized carbons (Fsp3) is 0.429. The number of anilines is 1. The number of hydrogen-bond acceptors (Lipinski definition) is 4. The summed E-state index contributed by atoms with van der Waals surface area (Å²) in [4.78, 5) is 11.5. The van der Waals surface area contributed by atoms with Gasteiger partial charge in [0.2, 0.25) is 0 Å². The Balaban J connectivity index is 3.22. The van der Waals surface area contributed by atoms with Gasteiger partial charge in [-0.1, -0.05) is 13.8 Å². The van der Waals surface area contributed by atoms with Gasteiger partial charge in [0.1, 0.15) is 17.4 Å². The zero-order valence-electron chi connectivity index (χ0n) is 11.4. The lowest BCUT2D eigenvalue weighted by Crippen LogP contribution is -2.45. The lowest BCUT2D eigenvalue weighted by molar-refractivity contribution is -0.142. The van der Waals surface area contributed by atoms with Crippen molar-refractivity contribution in [3.8, 4) is 11.8 Å². The Morgan fingerprint density at radius 2 is 2.11 bits per heavy atom. The van der Waals surface area contributed by atoms with Crippen LogP contribution in [0.15, 0.2) is 18.2 Å². The summed E-state index contributed by atoms with van der Waals surface area (Å²) in [6.45, 7) is 3.60. The highest BCUT2D eigenvalue weighted by Gasteiger charge is 2.35. The van der Waals surface area contributed by atoms with Gasteiger partial charge in [-0.2, -0.15) is 5.26 Å². The van der Waals surface area contributed by atoms with Crippen molar-refractivity contribution in [2.45, 2.75) is 32.2 Å². The molecule has 0 amide bonds. The van der Waals surface area contributed by atoms with E-state index in [9.17, 15) is 9.90 Å². The van der Waals surface area contributed by atoms with E-state index in [0.29, 0.717) is 29.8 Å². The maximum absolute atomic E-state index is 11.5. The Bertz CT molecular complexity index is 502. The molecular weight excluding hydrogens is 244 g/mol. The number of nitriles is 1. The predicted molar refractivity (Wildman–Crippen MR) is 72.3 cm³/mol. The van der Waals surface area contributed by atoms with Crippen molar-refractivity contribution in [1.29, 1.82) is 5.26 Å². The number of nitrogens with one attached hydrogen (secondary N) is 1. The van der Waals surface area contributed by atoms with Crippen LogP contribution in [0.3, 0.4) is 0 Å². The molecule has 1 aromatic rings. The second-order valence-electron chi connectivity index (χ2n) is 4.24. The number of hydrogen-bond donors (Lipinski definition) is 2. The Morgan fingerprint density at radius 1 is 1.47 bits per heavy atom. The number of ether oxygens (including phenoxy) is 1. The fourth-order valence-electron chi connectivity index (χ4n) is 1.89. The van der Waals surface area contributed by atoms with Crippen molar-refractivity contribution < 1.29 is 14.6 Å². The van der Waals surface area contributed by atoms with Gasteiger partial charge in [0.05, 0.1) is 18.4 Å². The molecule has 5 nitrogen and oxygen atoms in total. The van der Waals surface area contributed by atoms with Gasteiger partial charge in [-0.3, -0.25) is 0 Å². The Kier molecular flexibility index (Phi) is 4.76. The number of nitrogens with zero attached hydrogens (tertiary/aromatic N) is 1. The fourth-order valence-corrected chi connectivity index (χ4v) is 1.89. The molecular formula is C14H18N2O3. The van der Waals surface area contributed by atoms with Crippen LogP contribution in [0, 0.1) is 11.3 Å². The van der Waals surface area contributed by atoms with Crippen LogP contribution in [0.5, 0.6) is 5.75 Å². The monoisotopic (exact) mass is 262 g/mol. The van der Waals surface area contributed by atoms with E-state index >= 15 is 0 Å². The zero-order valence-corrected chi connectivity index (χ0v) is 11.4. The van der Waals surface area contributed by atoms with E-state index in [1.807, 2.05) is 6.07 Å². The third-order valence-corrected chi connectivity index (χ3v) is 3.34. The first kappa shape index (κ1) is 14.8. The number of carboxylic acid groups (broad SMARTS) is 1. The Labute approximate surface area is 112 Å². The average molecular weight is 262 g/mol. The number of aliphatic carboxylic acids is 1. The first-order valence-corrected chi connectivity index (χ1v) is 6.12. The van der Waals surface area contributed by atoms with Crippen molar-refractivity contribution in [3.63, 3.8) is 0 Å². The third-order valence-electron chi connectivity index (χ3n) is 3.34. The van der Waals surface area contributed by atoms with E-state index in [1.54, 1.807) is 32.0 Å². The van der Waals surface area contributed by atoms with Crippen LogP contribution in [0.4, 0.5) is 5.69 Å². The summed E-state index contributed by atoms with van der Waals surface area (Å²) in [7, 11) is 1.52. The number of carbonyl (C=O) groups is 1. The molecule has 0 aromatic heterocycles. The molecule has 0 aliphatic rings. The summed E-state index contributed by atoms with van der Waals surface area (Å²) in [5.74, 6) is -0.350. The molecule has 0 bridgehead atoms. The maximum Gasteiger partial charge on any atom is 0.329 e. The SMILES string of the molecule is CCC(CC)(Nc1cc(OC)ccc1C#N)C(=O)O. The minimum absolute atomic E-state index is 0.397. The van der Waals surface area contributed by atoms with Crippen LogP contribution < -0.4 is 10.1 Å². The van der Waals surface area contributed by atoms with Gasteiger partial charge >= 0.3 is 5.97 Å². The molecule has 0 fully saturated rings. The van der Waals surface area contributed by atoms with Gasteiger partial charge in [-0.05, 0) is 25.0 Å². The molecule has 0 unspecified atom stereocenters. The van der Waals surface area contributed by atoms with Crippen LogP contribution in [0.1, 0.15) is 32.3 Å². The Morgan fingerprint density at radius 3 is 2.53 bits per heavy atom. The van der Waals surface area contributed by atoms with Crippen molar-refractivity contribution >= 4 is 11.7 Å². The molecule has 0 saturated heterocycles. The largest absolute Gasteiger partial charge is 0.497 e. The van der Waals surface area contributed by atoms with Crippen molar-refractivity contribution in [1.82, 2.24) is 0 Å². The van der Waals surface area contributed by atoms with Gasteiger partial charge in [0, 0.05) is 6.07 Å².